The van der Waals surface area contributed by atoms with Crippen molar-refractivity contribution in [2.75, 3.05) is 5.32 Å². The molecule has 0 radical (unpaired) electrons. The highest BCUT2D eigenvalue weighted by atomic mass is 35.5. The third-order valence-corrected chi connectivity index (χ3v) is 5.10. The van der Waals surface area contributed by atoms with Crippen LogP contribution in [0.3, 0.4) is 0 Å². The number of hydrazone groups is 1. The summed E-state index contributed by atoms with van der Waals surface area (Å²) in [5, 5.41) is 8.47. The Bertz CT molecular complexity index is 971. The zero-order valence-corrected chi connectivity index (χ0v) is 16.0. The Balaban J connectivity index is 1.68. The van der Waals surface area contributed by atoms with Crippen molar-refractivity contribution in [3.05, 3.63) is 74.7 Å². The Labute approximate surface area is 164 Å². The van der Waals surface area contributed by atoms with Gasteiger partial charge in [0, 0.05) is 5.69 Å². The van der Waals surface area contributed by atoms with Gasteiger partial charge in [-0.1, -0.05) is 64.9 Å². The maximum absolute atomic E-state index is 12.1. The molecule has 0 spiro atoms. The fraction of sp³-hybridized carbons (Fsp3) is 0.0556. The van der Waals surface area contributed by atoms with E-state index in [2.05, 4.69) is 20.8 Å². The van der Waals surface area contributed by atoms with Crippen LogP contribution in [0.2, 0.25) is 10.2 Å². The van der Waals surface area contributed by atoms with Gasteiger partial charge in [-0.3, -0.25) is 4.79 Å². The number of nitrogens with zero attached hydrogens (tertiary/aromatic N) is 2. The van der Waals surface area contributed by atoms with Crippen molar-refractivity contribution in [1.82, 2.24) is 10.4 Å². The van der Waals surface area contributed by atoms with Gasteiger partial charge in [-0.2, -0.15) is 5.10 Å². The first kappa shape index (κ1) is 18.4. The third kappa shape index (κ3) is 4.40. The molecular formula is C18H14Cl2N4OS. The molecule has 1 aromatic heterocycles. The number of carbonyl (C=O) groups is 1. The second kappa shape index (κ2) is 8.31. The average Bonchev–Trinajstić information content (AvgIpc) is 2.97. The summed E-state index contributed by atoms with van der Waals surface area (Å²) < 4.78 is 0. The number of benzene rings is 2. The molecule has 0 saturated carbocycles. The van der Waals surface area contributed by atoms with Crippen molar-refractivity contribution in [2.45, 2.75) is 6.92 Å². The summed E-state index contributed by atoms with van der Waals surface area (Å²) in [6.45, 7) is 2.00. The highest BCUT2D eigenvalue weighted by molar-refractivity contribution is 7.17. The SMILES string of the molecule is Cc1ccccc1Nc1nc(Cl)c(/C=N/NC(=O)c2ccccc2Cl)s1. The third-order valence-electron chi connectivity index (χ3n) is 3.46. The van der Waals surface area contributed by atoms with Gasteiger partial charge in [0.1, 0.15) is 0 Å². The Kier molecular flexibility index (Phi) is 5.88. The fourth-order valence-electron chi connectivity index (χ4n) is 2.13. The van der Waals surface area contributed by atoms with Crippen molar-refractivity contribution in [3.8, 4) is 0 Å². The number of carbonyl (C=O) groups excluding carboxylic acids is 1. The lowest BCUT2D eigenvalue weighted by molar-refractivity contribution is 0.0955. The van der Waals surface area contributed by atoms with E-state index in [0.717, 1.165) is 11.3 Å². The number of hydrogen-bond acceptors (Lipinski definition) is 5. The number of hydrogen-bond donors (Lipinski definition) is 2. The highest BCUT2D eigenvalue weighted by Crippen LogP contribution is 2.29. The summed E-state index contributed by atoms with van der Waals surface area (Å²) in [6, 6.07) is 14.6. The Hall–Kier alpha value is -2.41. The standard InChI is InChI=1S/C18H14Cl2N4OS/c1-11-6-2-5-9-14(11)22-18-23-16(20)15(26-18)10-21-24-17(25)12-7-3-4-8-13(12)19/h2-10H,1H3,(H,22,23)(H,24,25)/b21-10+. The molecule has 2 N–H and O–H groups in total. The quantitative estimate of drug-likeness (QED) is 0.449. The fourth-order valence-corrected chi connectivity index (χ4v) is 3.39. The first-order valence-corrected chi connectivity index (χ1v) is 9.19. The van der Waals surface area contributed by atoms with Crippen LogP contribution in [-0.2, 0) is 0 Å². The normalized spacial score (nSPS) is 10.9. The molecule has 1 amide bonds. The van der Waals surface area contributed by atoms with Gasteiger partial charge in [0.05, 0.1) is 21.7 Å². The molecule has 0 atom stereocenters. The molecule has 0 fully saturated rings. The predicted molar refractivity (Wildman–Crippen MR) is 108 cm³/mol. The summed E-state index contributed by atoms with van der Waals surface area (Å²) in [5.41, 5.74) is 4.83. The maximum Gasteiger partial charge on any atom is 0.272 e. The van der Waals surface area contributed by atoms with E-state index in [0.29, 0.717) is 25.7 Å². The van der Waals surface area contributed by atoms with Crippen LogP contribution in [0.1, 0.15) is 20.8 Å². The van der Waals surface area contributed by atoms with Gasteiger partial charge in [-0.25, -0.2) is 10.4 Å². The van der Waals surface area contributed by atoms with Gasteiger partial charge in [-0.15, -0.1) is 0 Å². The first-order valence-electron chi connectivity index (χ1n) is 7.61. The monoisotopic (exact) mass is 404 g/mol. The number of thiazole rings is 1. The van der Waals surface area contributed by atoms with Crippen LogP contribution in [0.5, 0.6) is 0 Å². The summed E-state index contributed by atoms with van der Waals surface area (Å²) >= 11 is 13.5. The number of rotatable bonds is 5. The molecular weight excluding hydrogens is 391 g/mol. The Morgan fingerprint density at radius 1 is 1.15 bits per heavy atom. The van der Waals surface area contributed by atoms with Crippen molar-refractivity contribution in [1.29, 1.82) is 0 Å². The Morgan fingerprint density at radius 2 is 1.88 bits per heavy atom. The lowest BCUT2D eigenvalue weighted by atomic mass is 10.2. The van der Waals surface area contributed by atoms with Crippen LogP contribution in [0.25, 0.3) is 0 Å². The Morgan fingerprint density at radius 3 is 2.65 bits per heavy atom. The summed E-state index contributed by atoms with van der Waals surface area (Å²) in [4.78, 5) is 16.9. The lowest BCUT2D eigenvalue weighted by Crippen LogP contribution is -2.17. The minimum Gasteiger partial charge on any atom is -0.331 e. The molecule has 0 aliphatic rings. The van der Waals surface area contributed by atoms with E-state index in [4.69, 9.17) is 23.2 Å². The molecule has 1 heterocycles. The van der Waals surface area contributed by atoms with E-state index in [-0.39, 0.29) is 0 Å². The molecule has 0 aliphatic heterocycles. The number of nitrogens with one attached hydrogen (secondary N) is 2. The first-order chi connectivity index (χ1) is 12.5. The smallest absolute Gasteiger partial charge is 0.272 e. The number of amides is 1. The molecule has 0 bridgehead atoms. The van der Waals surface area contributed by atoms with Gasteiger partial charge >= 0.3 is 0 Å². The van der Waals surface area contributed by atoms with E-state index in [1.165, 1.54) is 17.6 Å². The van der Waals surface area contributed by atoms with Gasteiger partial charge in [0.25, 0.3) is 5.91 Å². The minimum atomic E-state index is -0.397. The van der Waals surface area contributed by atoms with Crippen LogP contribution < -0.4 is 10.7 Å². The molecule has 0 saturated heterocycles. The molecule has 0 unspecified atom stereocenters. The van der Waals surface area contributed by atoms with Gasteiger partial charge in [0.2, 0.25) is 0 Å². The second-order valence-corrected chi connectivity index (χ2v) is 7.09. The average molecular weight is 405 g/mol. The molecule has 0 aliphatic carbocycles. The number of anilines is 2. The highest BCUT2D eigenvalue weighted by Gasteiger charge is 2.10. The van der Waals surface area contributed by atoms with Gasteiger partial charge in [0.15, 0.2) is 10.3 Å². The summed E-state index contributed by atoms with van der Waals surface area (Å²) in [7, 11) is 0. The van der Waals surface area contributed by atoms with Crippen molar-refractivity contribution >= 4 is 57.5 Å². The summed E-state index contributed by atoms with van der Waals surface area (Å²) in [5.74, 6) is -0.397. The van der Waals surface area contributed by atoms with Gasteiger partial charge in [-0.05, 0) is 30.7 Å². The van der Waals surface area contributed by atoms with Crippen LogP contribution in [0.4, 0.5) is 10.8 Å². The predicted octanol–water partition coefficient (Wildman–Crippen LogP) is 5.27. The van der Waals surface area contributed by atoms with Gasteiger partial charge < -0.3 is 5.32 Å². The van der Waals surface area contributed by atoms with E-state index >= 15 is 0 Å². The number of aryl methyl sites for hydroxylation is 1. The summed E-state index contributed by atoms with van der Waals surface area (Å²) in [6.07, 6.45) is 1.46. The van der Waals surface area contributed by atoms with Crippen molar-refractivity contribution < 1.29 is 4.79 Å². The molecule has 132 valence electrons. The molecule has 3 rings (SSSR count). The molecule has 3 aromatic rings. The molecule has 8 heteroatoms. The largest absolute Gasteiger partial charge is 0.331 e. The van der Waals surface area contributed by atoms with E-state index in [1.54, 1.807) is 24.3 Å². The lowest BCUT2D eigenvalue weighted by Gasteiger charge is -2.05. The number of halogens is 2. The molecule has 26 heavy (non-hydrogen) atoms. The second-order valence-electron chi connectivity index (χ2n) is 5.29. The van der Waals surface area contributed by atoms with Crippen LogP contribution in [-0.4, -0.2) is 17.1 Å². The molecule has 5 nitrogen and oxygen atoms in total. The topological polar surface area (TPSA) is 66.4 Å². The number of aromatic nitrogens is 1. The van der Waals surface area contributed by atoms with Crippen LogP contribution in [0.15, 0.2) is 53.6 Å². The van der Waals surface area contributed by atoms with Crippen LogP contribution in [0, 0.1) is 6.92 Å². The van der Waals surface area contributed by atoms with E-state index < -0.39 is 5.91 Å². The zero-order chi connectivity index (χ0) is 18.5. The zero-order valence-electron chi connectivity index (χ0n) is 13.7. The molecule has 2 aromatic carbocycles. The van der Waals surface area contributed by atoms with Crippen molar-refractivity contribution in [2.24, 2.45) is 5.10 Å². The van der Waals surface area contributed by atoms with Crippen molar-refractivity contribution in [3.63, 3.8) is 0 Å². The van der Waals surface area contributed by atoms with E-state index in [1.807, 2.05) is 31.2 Å². The van der Waals surface area contributed by atoms with E-state index in [9.17, 15) is 4.79 Å². The minimum absolute atomic E-state index is 0.307. The van der Waals surface area contributed by atoms with Crippen LogP contribution >= 0.6 is 34.5 Å². The maximum atomic E-state index is 12.1. The number of para-hydroxylation sites is 1.